The highest BCUT2D eigenvalue weighted by atomic mass is 16.5. The summed E-state index contributed by atoms with van der Waals surface area (Å²) in [6.07, 6.45) is 2.67. The molecule has 0 saturated carbocycles. The van der Waals surface area contributed by atoms with Crippen molar-refractivity contribution in [1.82, 2.24) is 10.3 Å². The van der Waals surface area contributed by atoms with E-state index in [0.29, 0.717) is 25.3 Å². The Kier molecular flexibility index (Phi) is 5.86. The summed E-state index contributed by atoms with van der Waals surface area (Å²) in [5.74, 6) is 1.57. The number of ether oxygens (including phenoxy) is 2. The van der Waals surface area contributed by atoms with Gasteiger partial charge >= 0.3 is 6.03 Å². The van der Waals surface area contributed by atoms with E-state index in [-0.39, 0.29) is 6.03 Å². The first kappa shape index (κ1) is 18.6. The van der Waals surface area contributed by atoms with Crippen molar-refractivity contribution in [3.8, 4) is 11.5 Å². The molecule has 3 rings (SSSR count). The number of H-pyrrole nitrogens is 1. The summed E-state index contributed by atoms with van der Waals surface area (Å²) in [4.78, 5) is 15.5. The number of aromatic nitrogens is 1. The van der Waals surface area contributed by atoms with Crippen LogP contribution in [0.4, 0.5) is 10.5 Å². The number of aryl methyl sites for hydroxylation is 1. The third-order valence-corrected chi connectivity index (χ3v) is 4.42. The van der Waals surface area contributed by atoms with Gasteiger partial charge in [0.2, 0.25) is 0 Å². The molecule has 6 nitrogen and oxygen atoms in total. The molecule has 0 aliphatic heterocycles. The number of carbonyl (C=O) groups excluding carboxylic acids is 1. The molecule has 1 heterocycles. The van der Waals surface area contributed by atoms with Gasteiger partial charge < -0.3 is 25.1 Å². The standard InChI is InChI=1S/C21H25N3O3/c1-4-27-19-7-5-6-17-20(19)15(13-23-17)10-11-22-21(25)24-18-12-16(26-3)9-8-14(18)2/h5-9,12-13,23H,4,10-11H2,1-3H3,(H2,22,24,25). The zero-order chi connectivity index (χ0) is 19.2. The van der Waals surface area contributed by atoms with Gasteiger partial charge in [0.25, 0.3) is 0 Å². The van der Waals surface area contributed by atoms with Crippen molar-refractivity contribution in [2.75, 3.05) is 25.6 Å². The maximum atomic E-state index is 12.2. The molecule has 2 aromatic carbocycles. The lowest BCUT2D eigenvalue weighted by molar-refractivity contribution is 0.252. The molecule has 0 aliphatic carbocycles. The van der Waals surface area contributed by atoms with Gasteiger partial charge in [-0.1, -0.05) is 12.1 Å². The molecule has 3 aromatic rings. The summed E-state index contributed by atoms with van der Waals surface area (Å²) >= 11 is 0. The van der Waals surface area contributed by atoms with E-state index in [1.807, 2.05) is 56.4 Å². The van der Waals surface area contributed by atoms with Gasteiger partial charge in [0.05, 0.1) is 13.7 Å². The van der Waals surface area contributed by atoms with Crippen LogP contribution in [-0.4, -0.2) is 31.3 Å². The zero-order valence-electron chi connectivity index (χ0n) is 15.9. The minimum Gasteiger partial charge on any atom is -0.497 e. The number of hydrogen-bond acceptors (Lipinski definition) is 3. The van der Waals surface area contributed by atoms with Gasteiger partial charge in [0.1, 0.15) is 11.5 Å². The predicted octanol–water partition coefficient (Wildman–Crippen LogP) is 4.25. The van der Waals surface area contributed by atoms with Crippen molar-refractivity contribution < 1.29 is 14.3 Å². The summed E-state index contributed by atoms with van der Waals surface area (Å²) in [6.45, 7) is 5.04. The molecule has 0 unspecified atom stereocenters. The van der Waals surface area contributed by atoms with Crippen molar-refractivity contribution in [2.45, 2.75) is 20.3 Å². The van der Waals surface area contributed by atoms with Crippen LogP contribution >= 0.6 is 0 Å². The SMILES string of the molecule is CCOc1cccc2[nH]cc(CCNC(=O)Nc3cc(OC)ccc3C)c12. The van der Waals surface area contributed by atoms with Gasteiger partial charge in [0.15, 0.2) is 0 Å². The Hall–Kier alpha value is -3.15. The molecule has 0 aliphatic rings. The summed E-state index contributed by atoms with van der Waals surface area (Å²) in [5.41, 5.74) is 3.86. The minimum absolute atomic E-state index is 0.240. The number of methoxy groups -OCH3 is 1. The number of aromatic amines is 1. The molecule has 0 bridgehead atoms. The lowest BCUT2D eigenvalue weighted by Gasteiger charge is -2.11. The first-order chi connectivity index (χ1) is 13.1. The van der Waals surface area contributed by atoms with E-state index < -0.39 is 0 Å². The number of nitrogens with one attached hydrogen (secondary N) is 3. The van der Waals surface area contributed by atoms with Gasteiger partial charge in [-0.15, -0.1) is 0 Å². The quantitative estimate of drug-likeness (QED) is 0.584. The predicted molar refractivity (Wildman–Crippen MR) is 108 cm³/mol. The number of urea groups is 1. The van der Waals surface area contributed by atoms with E-state index in [1.54, 1.807) is 7.11 Å². The molecular weight excluding hydrogens is 342 g/mol. The van der Waals surface area contributed by atoms with Crippen molar-refractivity contribution in [2.24, 2.45) is 0 Å². The maximum Gasteiger partial charge on any atom is 0.319 e. The van der Waals surface area contributed by atoms with E-state index in [4.69, 9.17) is 9.47 Å². The van der Waals surface area contributed by atoms with Crippen LogP contribution in [0.15, 0.2) is 42.6 Å². The van der Waals surface area contributed by atoms with Gasteiger partial charge in [-0.3, -0.25) is 0 Å². The monoisotopic (exact) mass is 367 g/mol. The average molecular weight is 367 g/mol. The van der Waals surface area contributed by atoms with Crippen LogP contribution in [0.5, 0.6) is 11.5 Å². The molecule has 27 heavy (non-hydrogen) atoms. The largest absolute Gasteiger partial charge is 0.497 e. The molecule has 6 heteroatoms. The highest BCUT2D eigenvalue weighted by Crippen LogP contribution is 2.29. The van der Waals surface area contributed by atoms with Crippen LogP contribution in [0.1, 0.15) is 18.1 Å². The first-order valence-corrected chi connectivity index (χ1v) is 9.03. The lowest BCUT2D eigenvalue weighted by Crippen LogP contribution is -2.30. The number of fused-ring (bicyclic) bond motifs is 1. The molecule has 2 amide bonds. The van der Waals surface area contributed by atoms with E-state index in [2.05, 4.69) is 15.6 Å². The van der Waals surface area contributed by atoms with Crippen molar-refractivity contribution >= 4 is 22.6 Å². The number of hydrogen-bond donors (Lipinski definition) is 3. The molecule has 0 radical (unpaired) electrons. The van der Waals surface area contributed by atoms with Crippen LogP contribution in [0.25, 0.3) is 10.9 Å². The smallest absolute Gasteiger partial charge is 0.319 e. The fourth-order valence-electron chi connectivity index (χ4n) is 3.03. The minimum atomic E-state index is -0.240. The third kappa shape index (κ3) is 4.34. The topological polar surface area (TPSA) is 75.4 Å². The van der Waals surface area contributed by atoms with Gasteiger partial charge in [-0.05, 0) is 49.6 Å². The van der Waals surface area contributed by atoms with Crippen molar-refractivity contribution in [3.05, 3.63) is 53.7 Å². The molecule has 0 saturated heterocycles. The van der Waals surface area contributed by atoms with Crippen LogP contribution < -0.4 is 20.1 Å². The molecule has 142 valence electrons. The summed E-state index contributed by atoms with van der Waals surface area (Å²) in [7, 11) is 1.60. The summed E-state index contributed by atoms with van der Waals surface area (Å²) in [6, 6.07) is 11.3. The van der Waals surface area contributed by atoms with E-state index >= 15 is 0 Å². The Morgan fingerprint density at radius 1 is 1.22 bits per heavy atom. The van der Waals surface area contributed by atoms with Crippen LogP contribution in [-0.2, 0) is 6.42 Å². The second-order valence-electron chi connectivity index (χ2n) is 6.24. The van der Waals surface area contributed by atoms with Gasteiger partial charge in [-0.2, -0.15) is 0 Å². The molecule has 1 aromatic heterocycles. The second kappa shape index (κ2) is 8.49. The molecule has 3 N–H and O–H groups in total. The summed E-state index contributed by atoms with van der Waals surface area (Å²) < 4.78 is 10.9. The fourth-order valence-corrected chi connectivity index (χ4v) is 3.03. The first-order valence-electron chi connectivity index (χ1n) is 9.03. The number of benzene rings is 2. The number of rotatable bonds is 7. The van der Waals surface area contributed by atoms with Crippen molar-refractivity contribution in [3.63, 3.8) is 0 Å². The summed E-state index contributed by atoms with van der Waals surface area (Å²) in [5, 5.41) is 6.85. The van der Waals surface area contributed by atoms with Crippen molar-refractivity contribution in [1.29, 1.82) is 0 Å². The van der Waals surface area contributed by atoms with Gasteiger partial charge in [-0.25, -0.2) is 4.79 Å². The normalized spacial score (nSPS) is 10.6. The number of anilines is 1. The Morgan fingerprint density at radius 2 is 2.07 bits per heavy atom. The van der Waals surface area contributed by atoms with Crippen LogP contribution in [0, 0.1) is 6.92 Å². The van der Waals surface area contributed by atoms with Crippen LogP contribution in [0.2, 0.25) is 0 Å². The number of carbonyl (C=O) groups is 1. The lowest BCUT2D eigenvalue weighted by atomic mass is 10.1. The Bertz CT molecular complexity index is 934. The molecule has 0 atom stereocenters. The Morgan fingerprint density at radius 3 is 2.85 bits per heavy atom. The average Bonchev–Trinajstić information content (AvgIpc) is 3.08. The Balaban J connectivity index is 1.62. The number of amides is 2. The van der Waals surface area contributed by atoms with Crippen LogP contribution in [0.3, 0.4) is 0 Å². The third-order valence-electron chi connectivity index (χ3n) is 4.42. The Labute approximate surface area is 158 Å². The molecular formula is C21H25N3O3. The van der Waals surface area contributed by atoms with E-state index in [1.165, 1.54) is 0 Å². The fraction of sp³-hybridized carbons (Fsp3) is 0.286. The molecule has 0 spiro atoms. The van der Waals surface area contributed by atoms with E-state index in [9.17, 15) is 4.79 Å². The highest BCUT2D eigenvalue weighted by molar-refractivity contribution is 5.91. The second-order valence-corrected chi connectivity index (χ2v) is 6.24. The zero-order valence-corrected chi connectivity index (χ0v) is 15.9. The maximum absolute atomic E-state index is 12.2. The highest BCUT2D eigenvalue weighted by Gasteiger charge is 2.10. The van der Waals surface area contributed by atoms with Gasteiger partial charge in [0, 0.05) is 35.4 Å². The molecule has 0 fully saturated rings. The van der Waals surface area contributed by atoms with E-state index in [0.717, 1.165) is 33.5 Å².